The van der Waals surface area contributed by atoms with E-state index in [0.717, 1.165) is 0 Å². The van der Waals surface area contributed by atoms with Crippen LogP contribution < -0.4 is 0 Å². The Kier molecular flexibility index (Phi) is 2.13. The molecule has 0 aromatic rings. The van der Waals surface area contributed by atoms with E-state index >= 15 is 0 Å². The summed E-state index contributed by atoms with van der Waals surface area (Å²) >= 11 is 0. The van der Waals surface area contributed by atoms with Crippen LogP contribution in [0.25, 0.3) is 0 Å². The smallest absolute Gasteiger partial charge is 0.157 e. The molecule has 1 rings (SSSR count). The molecule has 1 heterocycles. The van der Waals surface area contributed by atoms with E-state index in [1.165, 1.54) is 0 Å². The molecule has 1 fully saturated rings. The zero-order chi connectivity index (χ0) is 6.85. The van der Waals surface area contributed by atoms with Gasteiger partial charge in [0.1, 0.15) is 5.08 Å². The van der Waals surface area contributed by atoms with Crippen molar-refractivity contribution in [1.82, 2.24) is 0 Å². The van der Waals surface area contributed by atoms with Crippen molar-refractivity contribution in [3.8, 4) is 0 Å². The lowest BCUT2D eigenvalue weighted by molar-refractivity contribution is -0.114. The maximum atomic E-state index is 10.6. The molecule has 2 atom stereocenters. The highest BCUT2D eigenvalue weighted by Crippen LogP contribution is 1.98. The van der Waals surface area contributed by atoms with Gasteiger partial charge in [0, 0.05) is 21.6 Å². The highest BCUT2D eigenvalue weighted by Gasteiger charge is 2.19. The molecule has 9 heavy (non-hydrogen) atoms. The van der Waals surface area contributed by atoms with Crippen LogP contribution in [0.5, 0.6) is 0 Å². The third-order valence-corrected chi connectivity index (χ3v) is 4.30. The van der Waals surface area contributed by atoms with Crippen molar-refractivity contribution in [1.29, 1.82) is 0 Å². The molecule has 0 aromatic carbocycles. The minimum Gasteiger partial charge on any atom is -0.298 e. The van der Waals surface area contributed by atoms with Gasteiger partial charge < -0.3 is 0 Å². The van der Waals surface area contributed by atoms with Crippen LogP contribution >= 0.6 is 0 Å². The topological polar surface area (TPSA) is 51.2 Å². The monoisotopic (exact) mass is 166 g/mol. The molecule has 0 N–H and O–H groups in total. The van der Waals surface area contributed by atoms with Crippen LogP contribution in [0.15, 0.2) is 0 Å². The Morgan fingerprint density at radius 3 is 1.89 bits per heavy atom. The Labute approximate surface area is 57.7 Å². The average molecular weight is 166 g/mol. The quantitative estimate of drug-likeness (QED) is 0.465. The molecule has 0 radical (unpaired) electrons. The number of carbonyl (C=O) groups is 1. The van der Waals surface area contributed by atoms with Gasteiger partial charge in [0.15, 0.2) is 5.78 Å². The zero-order valence-corrected chi connectivity index (χ0v) is 6.30. The summed E-state index contributed by atoms with van der Waals surface area (Å²) in [5.41, 5.74) is 0. The second-order valence-corrected chi connectivity index (χ2v) is 5.10. The summed E-state index contributed by atoms with van der Waals surface area (Å²) in [5, 5.41) is 0.186. The molecular formula is C4H6O3S2. The van der Waals surface area contributed by atoms with Gasteiger partial charge in [-0.15, -0.1) is 0 Å². The fourth-order valence-corrected chi connectivity index (χ4v) is 3.52. The second-order valence-electron chi connectivity index (χ2n) is 1.82. The number of rotatable bonds is 0. The molecule has 0 amide bonds. The Balaban J connectivity index is 2.64. The highest BCUT2D eigenvalue weighted by molar-refractivity contribution is 8.03. The molecular weight excluding hydrogens is 160 g/mol. The van der Waals surface area contributed by atoms with E-state index in [-0.39, 0.29) is 22.4 Å². The molecule has 0 spiro atoms. The highest BCUT2D eigenvalue weighted by atomic mass is 32.2. The summed E-state index contributed by atoms with van der Waals surface area (Å²) in [7, 11) is -2.30. The molecule has 52 valence electrons. The number of carbonyl (C=O) groups excluding carboxylic acids is 1. The lowest BCUT2D eigenvalue weighted by Crippen LogP contribution is -2.28. The van der Waals surface area contributed by atoms with E-state index < -0.39 is 21.6 Å². The van der Waals surface area contributed by atoms with Crippen LogP contribution in [0, 0.1) is 0 Å². The van der Waals surface area contributed by atoms with Crippen molar-refractivity contribution in [3.05, 3.63) is 0 Å². The second kappa shape index (κ2) is 2.70. The average Bonchev–Trinajstić information content (AvgIpc) is 1.59. The molecule has 3 nitrogen and oxygen atoms in total. The van der Waals surface area contributed by atoms with Crippen molar-refractivity contribution in [2.24, 2.45) is 0 Å². The SMILES string of the molecule is O=C1CS(=O)CS(=O)C1. The standard InChI is InChI=1S/C4H6O3S2/c5-4-1-8(6)3-9(7)2-4/h1-3H2. The summed E-state index contributed by atoms with van der Waals surface area (Å²) in [5.74, 6) is 0.0650. The molecule has 0 aromatic heterocycles. The minimum atomic E-state index is -1.15. The van der Waals surface area contributed by atoms with Gasteiger partial charge in [-0.1, -0.05) is 0 Å². The molecule has 2 unspecified atom stereocenters. The fourth-order valence-electron chi connectivity index (χ4n) is 0.631. The fraction of sp³-hybridized carbons (Fsp3) is 0.750. The molecule has 1 aliphatic rings. The predicted octanol–water partition coefficient (Wildman–Crippen LogP) is -0.976. The number of hydrogen-bond acceptors (Lipinski definition) is 3. The first-order chi connectivity index (χ1) is 4.18. The zero-order valence-electron chi connectivity index (χ0n) is 4.66. The van der Waals surface area contributed by atoms with Crippen LogP contribution in [0.2, 0.25) is 0 Å². The largest absolute Gasteiger partial charge is 0.298 e. The van der Waals surface area contributed by atoms with Gasteiger partial charge in [0.25, 0.3) is 0 Å². The minimum absolute atomic E-state index is 0.103. The van der Waals surface area contributed by atoms with Crippen molar-refractivity contribution < 1.29 is 13.2 Å². The number of ketones is 1. The maximum absolute atomic E-state index is 10.6. The maximum Gasteiger partial charge on any atom is 0.157 e. The van der Waals surface area contributed by atoms with E-state index in [1.54, 1.807) is 0 Å². The van der Waals surface area contributed by atoms with Crippen molar-refractivity contribution in [3.63, 3.8) is 0 Å². The Hall–Kier alpha value is -0.0300. The summed E-state index contributed by atoms with van der Waals surface area (Å²) in [4.78, 5) is 10.5. The van der Waals surface area contributed by atoms with E-state index in [4.69, 9.17) is 0 Å². The third kappa shape index (κ3) is 1.98. The number of Topliss-reactive ketones (excluding diaryl/α,β-unsaturated/α-hetero) is 1. The van der Waals surface area contributed by atoms with Gasteiger partial charge in [-0.2, -0.15) is 0 Å². The van der Waals surface area contributed by atoms with Gasteiger partial charge in [0.05, 0.1) is 11.5 Å². The van der Waals surface area contributed by atoms with Crippen LogP contribution in [-0.4, -0.2) is 30.8 Å². The Morgan fingerprint density at radius 2 is 1.56 bits per heavy atom. The van der Waals surface area contributed by atoms with Gasteiger partial charge in [-0.3, -0.25) is 13.2 Å². The Bertz CT molecular complexity index is 141. The Morgan fingerprint density at radius 1 is 1.11 bits per heavy atom. The van der Waals surface area contributed by atoms with E-state index in [9.17, 15) is 13.2 Å². The van der Waals surface area contributed by atoms with Crippen molar-refractivity contribution >= 4 is 27.4 Å². The van der Waals surface area contributed by atoms with E-state index in [0.29, 0.717) is 0 Å². The summed E-state index contributed by atoms with van der Waals surface area (Å²) in [6, 6.07) is 0. The van der Waals surface area contributed by atoms with Crippen LogP contribution in [0.1, 0.15) is 0 Å². The number of hydrogen-bond donors (Lipinski definition) is 0. The normalized spacial score (nSPS) is 36.7. The summed E-state index contributed by atoms with van der Waals surface area (Å²) in [6.45, 7) is 0. The van der Waals surface area contributed by atoms with Crippen LogP contribution in [-0.2, 0) is 26.4 Å². The van der Waals surface area contributed by atoms with E-state index in [2.05, 4.69) is 0 Å². The molecule has 0 bridgehead atoms. The molecule has 1 aliphatic heterocycles. The van der Waals surface area contributed by atoms with Crippen molar-refractivity contribution in [2.45, 2.75) is 0 Å². The first-order valence-corrected chi connectivity index (χ1v) is 5.38. The van der Waals surface area contributed by atoms with Crippen LogP contribution in [0.4, 0.5) is 0 Å². The van der Waals surface area contributed by atoms with Gasteiger partial charge in [-0.05, 0) is 0 Å². The van der Waals surface area contributed by atoms with Crippen molar-refractivity contribution in [2.75, 3.05) is 16.6 Å². The molecule has 0 aliphatic carbocycles. The lowest BCUT2D eigenvalue weighted by atomic mass is 10.5. The lowest BCUT2D eigenvalue weighted by Gasteiger charge is -2.06. The molecule has 0 saturated carbocycles. The predicted molar refractivity (Wildman–Crippen MR) is 35.9 cm³/mol. The molecule has 5 heteroatoms. The van der Waals surface area contributed by atoms with Gasteiger partial charge in [-0.25, -0.2) is 0 Å². The van der Waals surface area contributed by atoms with Crippen LogP contribution in [0.3, 0.4) is 0 Å². The third-order valence-electron chi connectivity index (χ3n) is 0.907. The van der Waals surface area contributed by atoms with E-state index in [1.807, 2.05) is 0 Å². The summed E-state index contributed by atoms with van der Waals surface area (Å²) in [6.07, 6.45) is 0. The first-order valence-electron chi connectivity index (χ1n) is 2.40. The first kappa shape index (κ1) is 7.08. The summed E-state index contributed by atoms with van der Waals surface area (Å²) < 4.78 is 21.2. The van der Waals surface area contributed by atoms with Gasteiger partial charge >= 0.3 is 0 Å². The molecule has 1 saturated heterocycles. The van der Waals surface area contributed by atoms with Gasteiger partial charge in [0.2, 0.25) is 0 Å².